The van der Waals surface area contributed by atoms with E-state index in [9.17, 15) is 13.2 Å². The van der Waals surface area contributed by atoms with Crippen molar-refractivity contribution in [3.63, 3.8) is 0 Å². The average molecular weight is 357 g/mol. The Morgan fingerprint density at radius 1 is 1.29 bits per heavy atom. The molecule has 3 saturated heterocycles. The molecule has 2 bridgehead atoms. The summed E-state index contributed by atoms with van der Waals surface area (Å²) in [6, 6.07) is 2.97. The number of amides is 1. The second kappa shape index (κ2) is 6.47. The van der Waals surface area contributed by atoms with E-state index in [0.29, 0.717) is 25.4 Å². The predicted molar refractivity (Wildman–Crippen MR) is 86.4 cm³/mol. The van der Waals surface area contributed by atoms with Gasteiger partial charge in [-0.1, -0.05) is 0 Å². The Hall–Kier alpha value is -1.42. The van der Waals surface area contributed by atoms with Crippen LogP contribution in [0.4, 0.5) is 0 Å². The van der Waals surface area contributed by atoms with Crippen LogP contribution in [0, 0.1) is 5.92 Å². The van der Waals surface area contributed by atoms with E-state index in [1.165, 1.54) is 22.7 Å². The fourth-order valence-electron chi connectivity index (χ4n) is 3.43. The lowest BCUT2D eigenvalue weighted by molar-refractivity contribution is 0.0552. The first kappa shape index (κ1) is 17.4. The second-order valence-electron chi connectivity index (χ2n) is 6.59. The number of piperidine rings is 1. The zero-order chi connectivity index (χ0) is 17.5. The molecule has 3 aliphatic heterocycles. The van der Waals surface area contributed by atoms with Gasteiger partial charge in [0.25, 0.3) is 16.1 Å². The molecule has 24 heavy (non-hydrogen) atoms. The average Bonchev–Trinajstić information content (AvgIpc) is 2.84. The summed E-state index contributed by atoms with van der Waals surface area (Å²) in [7, 11) is -0.454. The van der Waals surface area contributed by atoms with Crippen molar-refractivity contribution in [3.8, 4) is 0 Å². The van der Waals surface area contributed by atoms with Crippen molar-refractivity contribution < 1.29 is 22.7 Å². The molecule has 9 heteroatoms. The summed E-state index contributed by atoms with van der Waals surface area (Å²) < 4.78 is 32.9. The molecule has 4 heterocycles. The van der Waals surface area contributed by atoms with E-state index >= 15 is 0 Å². The number of hydrogen-bond donors (Lipinski definition) is 1. The SMILES string of the molecule is CN(C)S(=O)(=O)N1CC2CCC(C1)N(C(=O)c1ccc(CO)o1)C2. The van der Waals surface area contributed by atoms with Crippen LogP contribution < -0.4 is 0 Å². The van der Waals surface area contributed by atoms with Crippen molar-refractivity contribution in [2.24, 2.45) is 5.92 Å². The van der Waals surface area contributed by atoms with Gasteiger partial charge in [0, 0.05) is 39.8 Å². The molecule has 8 nitrogen and oxygen atoms in total. The topological polar surface area (TPSA) is 94.3 Å². The smallest absolute Gasteiger partial charge is 0.289 e. The summed E-state index contributed by atoms with van der Waals surface area (Å²) in [5.74, 6) is 0.409. The maximum Gasteiger partial charge on any atom is 0.289 e. The van der Waals surface area contributed by atoms with Crippen LogP contribution >= 0.6 is 0 Å². The molecule has 0 saturated carbocycles. The molecule has 0 aromatic carbocycles. The fourth-order valence-corrected chi connectivity index (χ4v) is 4.65. The number of aliphatic hydroxyl groups excluding tert-OH is 1. The Labute approximate surface area is 141 Å². The van der Waals surface area contributed by atoms with Crippen molar-refractivity contribution in [1.82, 2.24) is 13.5 Å². The van der Waals surface area contributed by atoms with Gasteiger partial charge < -0.3 is 14.4 Å². The normalized spacial score (nSPS) is 25.2. The van der Waals surface area contributed by atoms with E-state index < -0.39 is 10.2 Å². The third kappa shape index (κ3) is 3.08. The number of nitrogens with zero attached hydrogens (tertiary/aromatic N) is 3. The Balaban J connectivity index is 1.82. The van der Waals surface area contributed by atoms with Crippen LogP contribution in [0.25, 0.3) is 0 Å². The number of carbonyl (C=O) groups is 1. The summed E-state index contributed by atoms with van der Waals surface area (Å²) in [5, 5.41) is 9.07. The molecular weight excluding hydrogens is 334 g/mol. The molecule has 2 atom stereocenters. The quantitative estimate of drug-likeness (QED) is 0.826. The molecule has 0 spiro atoms. The highest BCUT2D eigenvalue weighted by atomic mass is 32.2. The van der Waals surface area contributed by atoms with Gasteiger partial charge in [-0.2, -0.15) is 17.0 Å². The highest BCUT2D eigenvalue weighted by molar-refractivity contribution is 7.86. The largest absolute Gasteiger partial charge is 0.453 e. The van der Waals surface area contributed by atoms with Crippen LogP contribution in [0.2, 0.25) is 0 Å². The zero-order valence-electron chi connectivity index (χ0n) is 13.9. The number of carbonyl (C=O) groups excluding carboxylic acids is 1. The molecule has 1 aromatic heterocycles. The van der Waals surface area contributed by atoms with Gasteiger partial charge in [0.15, 0.2) is 5.76 Å². The third-order valence-electron chi connectivity index (χ3n) is 4.76. The molecule has 0 aliphatic carbocycles. The maximum absolute atomic E-state index is 12.7. The van der Waals surface area contributed by atoms with Gasteiger partial charge in [0.2, 0.25) is 0 Å². The maximum atomic E-state index is 12.7. The summed E-state index contributed by atoms with van der Waals surface area (Å²) in [6.45, 7) is 1.00. The molecule has 1 N–H and O–H groups in total. The fraction of sp³-hybridized carbons (Fsp3) is 0.667. The van der Waals surface area contributed by atoms with Crippen LogP contribution in [0.15, 0.2) is 16.5 Å². The lowest BCUT2D eigenvalue weighted by Gasteiger charge is -2.35. The lowest BCUT2D eigenvalue weighted by Crippen LogP contribution is -2.48. The molecule has 1 aromatic rings. The minimum Gasteiger partial charge on any atom is -0.453 e. The summed E-state index contributed by atoms with van der Waals surface area (Å²) in [5.41, 5.74) is 0. The zero-order valence-corrected chi connectivity index (χ0v) is 14.7. The van der Waals surface area contributed by atoms with Crippen LogP contribution in [0.1, 0.15) is 29.2 Å². The van der Waals surface area contributed by atoms with E-state index in [-0.39, 0.29) is 30.2 Å². The number of rotatable bonds is 4. The van der Waals surface area contributed by atoms with Crippen LogP contribution in [-0.2, 0) is 16.8 Å². The first-order chi connectivity index (χ1) is 11.3. The van der Waals surface area contributed by atoms with E-state index in [1.54, 1.807) is 17.0 Å². The lowest BCUT2D eigenvalue weighted by atomic mass is 9.95. The number of fused-ring (bicyclic) bond motifs is 4. The highest BCUT2D eigenvalue weighted by Crippen LogP contribution is 2.31. The Morgan fingerprint density at radius 3 is 2.67 bits per heavy atom. The standard InChI is InChI=1S/C15H23N3O5S/c1-16(2)24(21,22)17-7-11-3-4-12(9-17)18(8-11)15(20)14-6-5-13(10-19)23-14/h5-6,11-12,19H,3-4,7-10H2,1-2H3. The molecule has 3 aliphatic rings. The van der Waals surface area contributed by atoms with Crippen LogP contribution in [0.3, 0.4) is 0 Å². The molecular formula is C15H23N3O5S. The minimum atomic E-state index is -3.49. The highest BCUT2D eigenvalue weighted by Gasteiger charge is 2.42. The van der Waals surface area contributed by atoms with Crippen molar-refractivity contribution >= 4 is 16.1 Å². The van der Waals surface area contributed by atoms with Gasteiger partial charge in [-0.25, -0.2) is 0 Å². The van der Waals surface area contributed by atoms with Crippen molar-refractivity contribution in [2.75, 3.05) is 33.7 Å². The first-order valence-corrected chi connectivity index (χ1v) is 9.40. The van der Waals surface area contributed by atoms with Crippen molar-refractivity contribution in [3.05, 3.63) is 23.7 Å². The van der Waals surface area contributed by atoms with Gasteiger partial charge in [-0.3, -0.25) is 4.79 Å². The Bertz CT molecular complexity index is 714. The number of furan rings is 1. The van der Waals surface area contributed by atoms with Crippen LogP contribution in [-0.4, -0.2) is 72.7 Å². The Kier molecular flexibility index (Phi) is 4.69. The molecule has 134 valence electrons. The number of hydrogen-bond acceptors (Lipinski definition) is 5. The van der Waals surface area contributed by atoms with Crippen LogP contribution in [0.5, 0.6) is 0 Å². The third-order valence-corrected chi connectivity index (χ3v) is 6.63. The van der Waals surface area contributed by atoms with Gasteiger partial charge in [0.1, 0.15) is 12.4 Å². The monoisotopic (exact) mass is 357 g/mol. The molecule has 2 unspecified atom stereocenters. The van der Waals surface area contributed by atoms with Gasteiger partial charge >= 0.3 is 0 Å². The van der Waals surface area contributed by atoms with E-state index in [1.807, 2.05) is 0 Å². The number of aliphatic hydroxyl groups is 1. The Morgan fingerprint density at radius 2 is 2.04 bits per heavy atom. The van der Waals surface area contributed by atoms with E-state index in [0.717, 1.165) is 12.8 Å². The van der Waals surface area contributed by atoms with Gasteiger partial charge in [0.05, 0.1) is 0 Å². The molecule has 3 fully saturated rings. The van der Waals surface area contributed by atoms with Gasteiger partial charge in [-0.05, 0) is 30.9 Å². The minimum absolute atomic E-state index is 0.120. The summed E-state index contributed by atoms with van der Waals surface area (Å²) in [6.07, 6.45) is 1.69. The van der Waals surface area contributed by atoms with Crippen molar-refractivity contribution in [1.29, 1.82) is 0 Å². The predicted octanol–water partition coefficient (Wildman–Crippen LogP) is 0.115. The molecule has 4 rings (SSSR count). The first-order valence-electron chi connectivity index (χ1n) is 8.01. The summed E-state index contributed by atoms with van der Waals surface area (Å²) >= 11 is 0. The van der Waals surface area contributed by atoms with Gasteiger partial charge in [-0.15, -0.1) is 0 Å². The summed E-state index contributed by atoms with van der Waals surface area (Å²) in [4.78, 5) is 14.5. The molecule has 0 radical (unpaired) electrons. The van der Waals surface area contributed by atoms with E-state index in [2.05, 4.69) is 0 Å². The molecule has 1 amide bonds. The van der Waals surface area contributed by atoms with Crippen molar-refractivity contribution in [2.45, 2.75) is 25.5 Å². The second-order valence-corrected chi connectivity index (χ2v) is 8.73. The van der Waals surface area contributed by atoms with E-state index in [4.69, 9.17) is 9.52 Å².